The zero-order valence-corrected chi connectivity index (χ0v) is 8.28. The standard InChI is InChI=1S/C8H7ClN2OS/c9-7-2-1-6(13-7)5-11-8(12)3-4-10/h1-2H,3,5H2,(H,11,12). The predicted molar refractivity (Wildman–Crippen MR) is 51.4 cm³/mol. The van der Waals surface area contributed by atoms with E-state index in [2.05, 4.69) is 5.32 Å². The third-order valence-corrected chi connectivity index (χ3v) is 2.56. The van der Waals surface area contributed by atoms with E-state index in [0.29, 0.717) is 10.9 Å². The zero-order chi connectivity index (χ0) is 9.68. The molecule has 1 N–H and O–H groups in total. The second-order valence-electron chi connectivity index (χ2n) is 2.32. The van der Waals surface area contributed by atoms with Gasteiger partial charge in [-0.25, -0.2) is 0 Å². The summed E-state index contributed by atoms with van der Waals surface area (Å²) in [7, 11) is 0. The van der Waals surface area contributed by atoms with Gasteiger partial charge in [0.15, 0.2) is 0 Å². The molecule has 13 heavy (non-hydrogen) atoms. The van der Waals surface area contributed by atoms with Crippen molar-refractivity contribution in [2.75, 3.05) is 0 Å². The zero-order valence-electron chi connectivity index (χ0n) is 6.71. The molecule has 1 heterocycles. The molecule has 5 heteroatoms. The quantitative estimate of drug-likeness (QED) is 0.836. The number of halogens is 1. The van der Waals surface area contributed by atoms with Gasteiger partial charge in [0.2, 0.25) is 5.91 Å². The molecular formula is C8H7ClN2OS. The number of rotatable bonds is 3. The monoisotopic (exact) mass is 214 g/mol. The van der Waals surface area contributed by atoms with E-state index in [1.807, 2.05) is 6.07 Å². The lowest BCUT2D eigenvalue weighted by Crippen LogP contribution is -2.21. The largest absolute Gasteiger partial charge is 0.350 e. The molecule has 0 aliphatic heterocycles. The van der Waals surface area contributed by atoms with Gasteiger partial charge in [0.1, 0.15) is 6.42 Å². The smallest absolute Gasteiger partial charge is 0.234 e. The second-order valence-corrected chi connectivity index (χ2v) is 4.12. The van der Waals surface area contributed by atoms with Crippen LogP contribution in [-0.2, 0) is 11.3 Å². The molecule has 1 aromatic heterocycles. The molecule has 0 aromatic carbocycles. The highest BCUT2D eigenvalue weighted by Gasteiger charge is 2.01. The van der Waals surface area contributed by atoms with Crippen molar-refractivity contribution in [1.82, 2.24) is 5.32 Å². The number of thiophene rings is 1. The predicted octanol–water partition coefficient (Wildman–Crippen LogP) is 1.93. The summed E-state index contributed by atoms with van der Waals surface area (Å²) in [5, 5.41) is 10.8. The minimum absolute atomic E-state index is 0.0981. The first-order chi connectivity index (χ1) is 6.22. The third-order valence-electron chi connectivity index (χ3n) is 1.33. The van der Waals surface area contributed by atoms with Gasteiger partial charge in [-0.3, -0.25) is 4.79 Å². The Morgan fingerprint density at radius 2 is 2.46 bits per heavy atom. The fraction of sp³-hybridized carbons (Fsp3) is 0.250. The van der Waals surface area contributed by atoms with Crippen LogP contribution in [0.15, 0.2) is 12.1 Å². The molecule has 0 fully saturated rings. The van der Waals surface area contributed by atoms with Crippen LogP contribution in [0.1, 0.15) is 11.3 Å². The average molecular weight is 215 g/mol. The van der Waals surface area contributed by atoms with Crippen molar-refractivity contribution in [2.45, 2.75) is 13.0 Å². The number of nitriles is 1. The summed E-state index contributed by atoms with van der Waals surface area (Å²) < 4.78 is 0.699. The van der Waals surface area contributed by atoms with E-state index in [0.717, 1.165) is 4.88 Å². The molecule has 68 valence electrons. The molecule has 0 unspecified atom stereocenters. The van der Waals surface area contributed by atoms with Crippen molar-refractivity contribution in [3.8, 4) is 6.07 Å². The van der Waals surface area contributed by atoms with Crippen molar-refractivity contribution >= 4 is 28.8 Å². The minimum atomic E-state index is -0.257. The fourth-order valence-corrected chi connectivity index (χ4v) is 1.79. The first kappa shape index (κ1) is 10.0. The van der Waals surface area contributed by atoms with Gasteiger partial charge < -0.3 is 5.32 Å². The molecule has 0 atom stereocenters. The maximum Gasteiger partial charge on any atom is 0.234 e. The molecule has 1 rings (SSSR count). The minimum Gasteiger partial charge on any atom is -0.350 e. The van der Waals surface area contributed by atoms with Gasteiger partial charge in [-0.05, 0) is 12.1 Å². The highest BCUT2D eigenvalue weighted by Crippen LogP contribution is 2.20. The van der Waals surface area contributed by atoms with Crippen molar-refractivity contribution < 1.29 is 4.79 Å². The van der Waals surface area contributed by atoms with Crippen LogP contribution in [-0.4, -0.2) is 5.91 Å². The number of amides is 1. The molecule has 0 radical (unpaired) electrons. The van der Waals surface area contributed by atoms with Gasteiger partial charge in [-0.2, -0.15) is 5.26 Å². The number of hydrogen-bond acceptors (Lipinski definition) is 3. The van der Waals surface area contributed by atoms with E-state index >= 15 is 0 Å². The van der Waals surface area contributed by atoms with E-state index in [9.17, 15) is 4.79 Å². The molecular weight excluding hydrogens is 208 g/mol. The first-order valence-electron chi connectivity index (χ1n) is 3.60. The van der Waals surface area contributed by atoms with Gasteiger partial charge in [-0.1, -0.05) is 11.6 Å². The van der Waals surface area contributed by atoms with Crippen LogP contribution in [0.4, 0.5) is 0 Å². The third kappa shape index (κ3) is 3.45. The highest BCUT2D eigenvalue weighted by molar-refractivity contribution is 7.16. The molecule has 0 aliphatic carbocycles. The van der Waals surface area contributed by atoms with Crippen LogP contribution in [0.3, 0.4) is 0 Å². The normalized spacial score (nSPS) is 9.23. The Labute approximate surface area is 84.9 Å². The second kappa shape index (κ2) is 4.85. The molecule has 0 saturated carbocycles. The van der Waals surface area contributed by atoms with Crippen molar-refractivity contribution in [3.05, 3.63) is 21.3 Å². The summed E-state index contributed by atoms with van der Waals surface area (Å²) in [6.45, 7) is 0.442. The summed E-state index contributed by atoms with van der Waals surface area (Å²) in [4.78, 5) is 11.8. The van der Waals surface area contributed by atoms with E-state index in [-0.39, 0.29) is 12.3 Å². The molecule has 0 aliphatic rings. The molecule has 0 spiro atoms. The molecule has 0 saturated heterocycles. The SMILES string of the molecule is N#CCC(=O)NCc1ccc(Cl)s1. The summed E-state index contributed by atoms with van der Waals surface area (Å²) in [6, 6.07) is 5.40. The van der Waals surface area contributed by atoms with Crippen molar-refractivity contribution in [2.24, 2.45) is 0 Å². The number of carbonyl (C=O) groups excluding carboxylic acids is 1. The van der Waals surface area contributed by atoms with Crippen molar-refractivity contribution in [3.63, 3.8) is 0 Å². The number of hydrogen-bond donors (Lipinski definition) is 1. The van der Waals surface area contributed by atoms with E-state index in [1.165, 1.54) is 11.3 Å². The fourth-order valence-electron chi connectivity index (χ4n) is 0.767. The van der Waals surface area contributed by atoms with Gasteiger partial charge >= 0.3 is 0 Å². The van der Waals surface area contributed by atoms with Crippen LogP contribution < -0.4 is 5.32 Å². The van der Waals surface area contributed by atoms with Crippen LogP contribution in [0, 0.1) is 11.3 Å². The number of nitrogens with zero attached hydrogens (tertiary/aromatic N) is 1. The van der Waals surface area contributed by atoms with Crippen LogP contribution in [0.5, 0.6) is 0 Å². The molecule has 1 aromatic rings. The maximum atomic E-state index is 10.9. The lowest BCUT2D eigenvalue weighted by Gasteiger charge is -1.98. The molecule has 0 bridgehead atoms. The summed E-state index contributed by atoms with van der Waals surface area (Å²) >= 11 is 7.11. The van der Waals surface area contributed by atoms with Crippen molar-refractivity contribution in [1.29, 1.82) is 5.26 Å². The Morgan fingerprint density at radius 1 is 1.69 bits per heavy atom. The van der Waals surface area contributed by atoms with Crippen LogP contribution in [0.2, 0.25) is 4.34 Å². The van der Waals surface area contributed by atoms with Gasteiger partial charge in [0, 0.05) is 4.88 Å². The Morgan fingerprint density at radius 3 is 3.00 bits per heavy atom. The van der Waals surface area contributed by atoms with E-state index < -0.39 is 0 Å². The lowest BCUT2D eigenvalue weighted by atomic mass is 10.4. The highest BCUT2D eigenvalue weighted by atomic mass is 35.5. The van der Waals surface area contributed by atoms with Crippen LogP contribution in [0.25, 0.3) is 0 Å². The Kier molecular flexibility index (Phi) is 3.74. The van der Waals surface area contributed by atoms with Gasteiger partial charge in [-0.15, -0.1) is 11.3 Å². The van der Waals surface area contributed by atoms with Crippen LogP contribution >= 0.6 is 22.9 Å². The Balaban J connectivity index is 2.36. The van der Waals surface area contributed by atoms with E-state index in [4.69, 9.17) is 16.9 Å². The number of carbonyl (C=O) groups is 1. The Bertz CT molecular complexity index is 342. The van der Waals surface area contributed by atoms with Gasteiger partial charge in [0.05, 0.1) is 17.0 Å². The summed E-state index contributed by atoms with van der Waals surface area (Å²) in [5.74, 6) is -0.257. The average Bonchev–Trinajstić information content (AvgIpc) is 2.49. The summed E-state index contributed by atoms with van der Waals surface area (Å²) in [5.41, 5.74) is 0. The first-order valence-corrected chi connectivity index (χ1v) is 4.79. The maximum absolute atomic E-state index is 10.9. The number of nitrogens with one attached hydrogen (secondary N) is 1. The van der Waals surface area contributed by atoms with Gasteiger partial charge in [0.25, 0.3) is 0 Å². The molecule has 1 amide bonds. The Hall–Kier alpha value is -1.05. The summed E-state index contributed by atoms with van der Waals surface area (Å²) in [6.07, 6.45) is -0.0981. The molecule has 3 nitrogen and oxygen atoms in total. The lowest BCUT2D eigenvalue weighted by molar-refractivity contribution is -0.120. The topological polar surface area (TPSA) is 52.9 Å². The van der Waals surface area contributed by atoms with E-state index in [1.54, 1.807) is 12.1 Å².